The van der Waals surface area contributed by atoms with Crippen LogP contribution < -0.4 is 10.1 Å². The van der Waals surface area contributed by atoms with Gasteiger partial charge >= 0.3 is 6.03 Å². The number of nitrogens with zero attached hydrogens (tertiary/aromatic N) is 2. The third-order valence-corrected chi connectivity index (χ3v) is 5.07. The van der Waals surface area contributed by atoms with Crippen LogP contribution in [0.5, 0.6) is 5.75 Å². The summed E-state index contributed by atoms with van der Waals surface area (Å²) in [5.74, 6) is 0.899. The third-order valence-electron chi connectivity index (χ3n) is 5.07. The quantitative estimate of drug-likeness (QED) is 0.889. The van der Waals surface area contributed by atoms with Crippen LogP contribution >= 0.6 is 0 Å². The van der Waals surface area contributed by atoms with Crippen molar-refractivity contribution >= 4 is 6.03 Å². The molecule has 1 N–H and O–H groups in total. The zero-order valence-corrected chi connectivity index (χ0v) is 15.1. The van der Waals surface area contributed by atoms with Crippen LogP contribution in [-0.4, -0.2) is 60.7 Å². The summed E-state index contributed by atoms with van der Waals surface area (Å²) in [7, 11) is 0. The summed E-state index contributed by atoms with van der Waals surface area (Å²) in [6.45, 7) is 8.56. The molecule has 2 saturated heterocycles. The highest BCUT2D eigenvalue weighted by atomic mass is 19.1. The van der Waals surface area contributed by atoms with E-state index in [1.807, 2.05) is 0 Å². The van der Waals surface area contributed by atoms with Crippen LogP contribution in [-0.2, 0) is 0 Å². The lowest BCUT2D eigenvalue weighted by Gasteiger charge is -2.40. The first-order valence-corrected chi connectivity index (χ1v) is 9.20. The average Bonchev–Trinajstić information content (AvgIpc) is 2.57. The summed E-state index contributed by atoms with van der Waals surface area (Å²) in [6, 6.07) is 6.54. The molecule has 2 aliphatic rings. The molecule has 5 nitrogen and oxygen atoms in total. The zero-order valence-electron chi connectivity index (χ0n) is 15.1. The molecule has 2 heterocycles. The Balaban J connectivity index is 1.35. The third kappa shape index (κ3) is 4.84. The Morgan fingerprint density at radius 1 is 1.28 bits per heavy atom. The highest BCUT2D eigenvalue weighted by Gasteiger charge is 2.32. The number of nitrogens with one attached hydrogen (secondary N) is 1. The summed E-state index contributed by atoms with van der Waals surface area (Å²) >= 11 is 0. The highest BCUT2D eigenvalue weighted by Crippen LogP contribution is 2.20. The molecule has 0 aromatic heterocycles. The number of piperidine rings is 1. The fourth-order valence-electron chi connectivity index (χ4n) is 3.46. The van der Waals surface area contributed by atoms with Gasteiger partial charge in [0.25, 0.3) is 0 Å². The summed E-state index contributed by atoms with van der Waals surface area (Å²) in [5, 5.41) is 3.06. The van der Waals surface area contributed by atoms with Gasteiger partial charge in [-0.15, -0.1) is 0 Å². The number of halogens is 1. The lowest BCUT2D eigenvalue weighted by atomic mass is 9.97. The van der Waals surface area contributed by atoms with Gasteiger partial charge in [-0.1, -0.05) is 0 Å². The molecule has 2 aliphatic heterocycles. The van der Waals surface area contributed by atoms with Crippen LogP contribution in [0.2, 0.25) is 0 Å². The number of ether oxygens (including phenoxy) is 1. The number of benzene rings is 1. The molecule has 1 unspecified atom stereocenters. The van der Waals surface area contributed by atoms with Gasteiger partial charge in [0, 0.05) is 19.1 Å². The van der Waals surface area contributed by atoms with Gasteiger partial charge in [0.1, 0.15) is 17.7 Å². The molecule has 1 atom stereocenters. The predicted octanol–water partition coefficient (Wildman–Crippen LogP) is 2.72. The standard InChI is InChI=1S/C19H28FN3O2/c1-14(2)22-9-3-4-15(11-22)10-21-19(24)23-12-18(13-23)25-17-7-5-16(20)6-8-17/h5-8,14-15,18H,3-4,9-13H2,1-2H3,(H,21,24). The molecule has 1 aromatic rings. The van der Waals surface area contributed by atoms with Crippen molar-refractivity contribution in [2.75, 3.05) is 32.7 Å². The van der Waals surface area contributed by atoms with Crippen molar-refractivity contribution in [3.8, 4) is 5.75 Å². The fraction of sp³-hybridized carbons (Fsp3) is 0.632. The number of hydrogen-bond acceptors (Lipinski definition) is 3. The van der Waals surface area contributed by atoms with E-state index in [0.717, 1.165) is 19.6 Å². The number of likely N-dealkylation sites (tertiary alicyclic amines) is 2. The van der Waals surface area contributed by atoms with Crippen LogP contribution in [0, 0.1) is 11.7 Å². The van der Waals surface area contributed by atoms with E-state index in [9.17, 15) is 9.18 Å². The molecule has 0 spiro atoms. The number of urea groups is 1. The van der Waals surface area contributed by atoms with Gasteiger partial charge in [0.2, 0.25) is 0 Å². The summed E-state index contributed by atoms with van der Waals surface area (Å²) in [6.07, 6.45) is 2.37. The lowest BCUT2D eigenvalue weighted by molar-refractivity contribution is 0.0434. The van der Waals surface area contributed by atoms with Crippen molar-refractivity contribution in [2.45, 2.75) is 38.8 Å². The molecule has 138 valence electrons. The Morgan fingerprint density at radius 3 is 2.68 bits per heavy atom. The largest absolute Gasteiger partial charge is 0.487 e. The van der Waals surface area contributed by atoms with Crippen molar-refractivity contribution in [1.29, 1.82) is 0 Å². The Hall–Kier alpha value is -1.82. The maximum atomic E-state index is 12.9. The number of amides is 2. The molecule has 1 aromatic carbocycles. The summed E-state index contributed by atoms with van der Waals surface area (Å²) in [4.78, 5) is 16.5. The molecule has 3 rings (SSSR count). The second-order valence-electron chi connectivity index (χ2n) is 7.38. The van der Waals surface area contributed by atoms with E-state index >= 15 is 0 Å². The van der Waals surface area contributed by atoms with Crippen molar-refractivity contribution < 1.29 is 13.9 Å². The van der Waals surface area contributed by atoms with Gasteiger partial charge < -0.3 is 19.9 Å². The normalized spacial score (nSPS) is 21.9. The molecule has 0 aliphatic carbocycles. The smallest absolute Gasteiger partial charge is 0.317 e. The zero-order chi connectivity index (χ0) is 17.8. The lowest BCUT2D eigenvalue weighted by Crippen LogP contribution is -2.59. The molecule has 0 bridgehead atoms. The first-order chi connectivity index (χ1) is 12.0. The summed E-state index contributed by atoms with van der Waals surface area (Å²) in [5.41, 5.74) is 0. The fourth-order valence-corrected chi connectivity index (χ4v) is 3.46. The van der Waals surface area contributed by atoms with Crippen molar-refractivity contribution in [2.24, 2.45) is 5.92 Å². The number of carbonyl (C=O) groups is 1. The van der Waals surface area contributed by atoms with Crippen molar-refractivity contribution in [3.05, 3.63) is 30.1 Å². The molecule has 25 heavy (non-hydrogen) atoms. The van der Waals surface area contributed by atoms with Crippen LogP contribution in [0.1, 0.15) is 26.7 Å². The van der Waals surface area contributed by atoms with E-state index in [-0.39, 0.29) is 18.0 Å². The van der Waals surface area contributed by atoms with Gasteiger partial charge in [0.05, 0.1) is 13.1 Å². The molecular weight excluding hydrogens is 321 g/mol. The van der Waals surface area contributed by atoms with E-state index in [1.54, 1.807) is 17.0 Å². The van der Waals surface area contributed by atoms with Gasteiger partial charge in [-0.2, -0.15) is 0 Å². The average molecular weight is 349 g/mol. The van der Waals surface area contributed by atoms with E-state index in [1.165, 1.54) is 25.0 Å². The maximum Gasteiger partial charge on any atom is 0.317 e. The Kier molecular flexibility index (Phi) is 5.78. The molecule has 2 fully saturated rings. The van der Waals surface area contributed by atoms with E-state index < -0.39 is 0 Å². The Labute approximate surface area is 149 Å². The van der Waals surface area contributed by atoms with Crippen molar-refractivity contribution in [3.63, 3.8) is 0 Å². The minimum absolute atomic E-state index is 0.0117. The van der Waals surface area contributed by atoms with Gasteiger partial charge in [-0.25, -0.2) is 9.18 Å². The molecule has 6 heteroatoms. The highest BCUT2D eigenvalue weighted by molar-refractivity contribution is 5.75. The molecule has 0 saturated carbocycles. The van der Waals surface area contributed by atoms with Crippen LogP contribution in [0.4, 0.5) is 9.18 Å². The second-order valence-corrected chi connectivity index (χ2v) is 7.38. The topological polar surface area (TPSA) is 44.8 Å². The predicted molar refractivity (Wildman–Crippen MR) is 95.2 cm³/mol. The first kappa shape index (κ1) is 18.0. The molecule has 0 radical (unpaired) electrons. The van der Waals surface area contributed by atoms with E-state index in [4.69, 9.17) is 4.74 Å². The van der Waals surface area contributed by atoms with E-state index in [2.05, 4.69) is 24.1 Å². The van der Waals surface area contributed by atoms with E-state index in [0.29, 0.717) is 30.8 Å². The minimum atomic E-state index is -0.277. The Bertz CT molecular complexity index is 573. The van der Waals surface area contributed by atoms with Gasteiger partial charge in [-0.05, 0) is 63.4 Å². The number of carbonyl (C=O) groups excluding carboxylic acids is 1. The number of rotatable bonds is 5. The monoisotopic (exact) mass is 349 g/mol. The van der Waals surface area contributed by atoms with Crippen LogP contribution in [0.15, 0.2) is 24.3 Å². The van der Waals surface area contributed by atoms with Crippen LogP contribution in [0.3, 0.4) is 0 Å². The van der Waals surface area contributed by atoms with Crippen LogP contribution in [0.25, 0.3) is 0 Å². The minimum Gasteiger partial charge on any atom is -0.487 e. The van der Waals surface area contributed by atoms with Crippen molar-refractivity contribution in [1.82, 2.24) is 15.1 Å². The first-order valence-electron chi connectivity index (χ1n) is 9.20. The second kappa shape index (κ2) is 8.04. The number of hydrogen-bond donors (Lipinski definition) is 1. The Morgan fingerprint density at radius 2 is 2.00 bits per heavy atom. The SMILES string of the molecule is CC(C)N1CCCC(CNC(=O)N2CC(Oc3ccc(F)cc3)C2)C1. The maximum absolute atomic E-state index is 12.9. The summed E-state index contributed by atoms with van der Waals surface area (Å²) < 4.78 is 18.6. The molecular formula is C19H28FN3O2. The van der Waals surface area contributed by atoms with Gasteiger partial charge in [-0.3, -0.25) is 0 Å². The molecule has 2 amide bonds. The van der Waals surface area contributed by atoms with Gasteiger partial charge in [0.15, 0.2) is 0 Å².